The fourth-order valence-corrected chi connectivity index (χ4v) is 5.85. The Hall–Kier alpha value is -1.34. The first-order chi connectivity index (χ1) is 12.2. The van der Waals surface area contributed by atoms with Gasteiger partial charge in [-0.2, -0.15) is 0 Å². The third kappa shape index (κ3) is 3.77. The lowest BCUT2D eigenvalue weighted by atomic mass is 9.95. The molecule has 2 N–H and O–H groups in total. The number of fused-ring (bicyclic) bond motifs is 3. The van der Waals surface area contributed by atoms with Gasteiger partial charge in [-0.15, -0.1) is 23.1 Å². The molecule has 2 aliphatic carbocycles. The number of aryl methyl sites for hydroxylation is 2. The summed E-state index contributed by atoms with van der Waals surface area (Å²) in [6.45, 7) is 0. The number of hydrogen-bond acceptors (Lipinski definition) is 5. The Kier molecular flexibility index (Phi) is 5.12. The normalized spacial score (nSPS) is 17.8. The zero-order chi connectivity index (χ0) is 17.2. The zero-order valence-corrected chi connectivity index (χ0v) is 15.9. The molecule has 1 fully saturated rings. The van der Waals surface area contributed by atoms with Gasteiger partial charge in [0.05, 0.1) is 16.9 Å². The van der Waals surface area contributed by atoms with Gasteiger partial charge in [-0.1, -0.05) is 19.3 Å². The molecule has 0 atom stereocenters. The predicted octanol–water partition coefficient (Wildman–Crippen LogP) is 3.16. The first-order valence-corrected chi connectivity index (χ1v) is 11.1. The van der Waals surface area contributed by atoms with Crippen LogP contribution < -0.4 is 10.9 Å². The van der Waals surface area contributed by atoms with Gasteiger partial charge in [0.1, 0.15) is 10.7 Å². The second-order valence-corrected chi connectivity index (χ2v) is 9.01. The summed E-state index contributed by atoms with van der Waals surface area (Å²) in [6.07, 6.45) is 9.13. The lowest BCUT2D eigenvalue weighted by Gasteiger charge is -2.22. The van der Waals surface area contributed by atoms with E-state index in [0.717, 1.165) is 42.3 Å². The number of amides is 1. The van der Waals surface area contributed by atoms with Crippen LogP contribution in [0.1, 0.15) is 54.8 Å². The summed E-state index contributed by atoms with van der Waals surface area (Å²) in [5, 5.41) is 3.91. The van der Waals surface area contributed by atoms with Crippen LogP contribution in [-0.4, -0.2) is 27.7 Å². The molecule has 0 spiro atoms. The van der Waals surface area contributed by atoms with Gasteiger partial charge in [0, 0.05) is 10.9 Å². The second kappa shape index (κ2) is 7.50. The minimum Gasteiger partial charge on any atom is -0.353 e. The number of hydrogen-bond donors (Lipinski definition) is 2. The van der Waals surface area contributed by atoms with Gasteiger partial charge >= 0.3 is 0 Å². The summed E-state index contributed by atoms with van der Waals surface area (Å²) in [7, 11) is 0. The Morgan fingerprint density at radius 2 is 2.08 bits per heavy atom. The molecule has 0 aliphatic heterocycles. The molecule has 0 radical (unpaired) electrons. The molecule has 0 aromatic carbocycles. The van der Waals surface area contributed by atoms with Crippen molar-refractivity contribution < 1.29 is 4.79 Å². The number of aromatic nitrogens is 2. The summed E-state index contributed by atoms with van der Waals surface area (Å²) >= 11 is 3.17. The first kappa shape index (κ1) is 17.1. The highest BCUT2D eigenvalue weighted by molar-refractivity contribution is 7.99. The Balaban J connectivity index is 1.35. The number of rotatable bonds is 5. The van der Waals surface area contributed by atoms with Crippen LogP contribution in [0.4, 0.5) is 0 Å². The van der Waals surface area contributed by atoms with Crippen LogP contribution in [-0.2, 0) is 23.4 Å². The quantitative estimate of drug-likeness (QED) is 0.839. The second-order valence-electron chi connectivity index (χ2n) is 6.95. The third-order valence-corrected chi connectivity index (χ3v) is 7.20. The van der Waals surface area contributed by atoms with Gasteiger partial charge < -0.3 is 10.3 Å². The summed E-state index contributed by atoms with van der Waals surface area (Å²) in [6, 6.07) is 0.352. The summed E-state index contributed by atoms with van der Waals surface area (Å²) in [4.78, 5) is 34.2. The van der Waals surface area contributed by atoms with Gasteiger partial charge in [0.2, 0.25) is 5.91 Å². The van der Waals surface area contributed by atoms with Crippen LogP contribution in [0.5, 0.6) is 0 Å². The Morgan fingerprint density at radius 1 is 1.24 bits per heavy atom. The summed E-state index contributed by atoms with van der Waals surface area (Å²) in [5.41, 5.74) is 1.19. The van der Waals surface area contributed by atoms with E-state index < -0.39 is 0 Å². The van der Waals surface area contributed by atoms with Gasteiger partial charge in [-0.05, 0) is 37.7 Å². The van der Waals surface area contributed by atoms with Gasteiger partial charge in [0.15, 0.2) is 0 Å². The smallest absolute Gasteiger partial charge is 0.259 e. The molecule has 5 nitrogen and oxygen atoms in total. The van der Waals surface area contributed by atoms with E-state index in [2.05, 4.69) is 15.3 Å². The van der Waals surface area contributed by atoms with Crippen molar-refractivity contribution in [1.82, 2.24) is 15.3 Å². The van der Waals surface area contributed by atoms with E-state index in [0.29, 0.717) is 23.4 Å². The molecule has 2 heterocycles. The van der Waals surface area contributed by atoms with Crippen LogP contribution in [0, 0.1) is 0 Å². The molecule has 1 amide bonds. The van der Waals surface area contributed by atoms with E-state index in [9.17, 15) is 9.59 Å². The average Bonchev–Trinajstić information content (AvgIpc) is 3.16. The molecule has 1 saturated carbocycles. The third-order valence-electron chi connectivity index (χ3n) is 5.07. The molecule has 0 bridgehead atoms. The van der Waals surface area contributed by atoms with Gasteiger partial charge in [-0.25, -0.2) is 4.98 Å². The fraction of sp³-hybridized carbons (Fsp3) is 0.611. The van der Waals surface area contributed by atoms with Crippen molar-refractivity contribution in [2.24, 2.45) is 0 Å². The van der Waals surface area contributed by atoms with Crippen molar-refractivity contribution in [2.45, 2.75) is 63.2 Å². The average molecular weight is 378 g/mol. The maximum absolute atomic E-state index is 12.4. The lowest BCUT2D eigenvalue weighted by molar-refractivity contribution is -0.119. The van der Waals surface area contributed by atoms with E-state index in [-0.39, 0.29) is 11.5 Å². The SMILES string of the molecule is O=C(CSCc1nc2sc3c(c2c(=O)[nH]1)CCC3)NC1CCCCC1. The van der Waals surface area contributed by atoms with E-state index in [1.54, 1.807) is 11.3 Å². The van der Waals surface area contributed by atoms with E-state index in [1.165, 1.54) is 41.5 Å². The van der Waals surface area contributed by atoms with Crippen LogP contribution in [0.15, 0.2) is 4.79 Å². The Bertz CT molecular complexity index is 837. The zero-order valence-electron chi connectivity index (χ0n) is 14.2. The molecule has 7 heteroatoms. The minimum atomic E-state index is -0.0216. The number of H-pyrrole nitrogens is 1. The van der Waals surface area contributed by atoms with E-state index >= 15 is 0 Å². The number of aromatic amines is 1. The molecule has 2 aliphatic rings. The van der Waals surface area contributed by atoms with E-state index in [1.807, 2.05) is 0 Å². The number of thioether (sulfide) groups is 1. The van der Waals surface area contributed by atoms with Crippen molar-refractivity contribution in [3.63, 3.8) is 0 Å². The van der Waals surface area contributed by atoms with Gasteiger partial charge in [0.25, 0.3) is 5.56 Å². The number of nitrogens with one attached hydrogen (secondary N) is 2. The summed E-state index contributed by atoms with van der Waals surface area (Å²) in [5.74, 6) is 1.74. The highest BCUT2D eigenvalue weighted by Crippen LogP contribution is 2.34. The molecule has 2 aromatic rings. The standard InChI is InChI=1S/C18H23N3O2S2/c22-15(19-11-5-2-1-3-6-11)10-24-9-14-20-17(23)16-12-7-4-8-13(12)25-18(16)21-14/h11H,1-10H2,(H,19,22)(H,20,21,23). The first-order valence-electron chi connectivity index (χ1n) is 9.11. The lowest BCUT2D eigenvalue weighted by Crippen LogP contribution is -2.37. The fourth-order valence-electron chi connectivity index (χ4n) is 3.87. The highest BCUT2D eigenvalue weighted by atomic mass is 32.2. The monoisotopic (exact) mass is 377 g/mol. The number of thiophene rings is 1. The number of carbonyl (C=O) groups is 1. The highest BCUT2D eigenvalue weighted by Gasteiger charge is 2.21. The van der Waals surface area contributed by atoms with Crippen molar-refractivity contribution in [1.29, 1.82) is 0 Å². The molecular formula is C18H23N3O2S2. The van der Waals surface area contributed by atoms with Crippen LogP contribution in [0.3, 0.4) is 0 Å². The van der Waals surface area contributed by atoms with Crippen LogP contribution >= 0.6 is 23.1 Å². The van der Waals surface area contributed by atoms with Crippen molar-refractivity contribution in [2.75, 3.05) is 5.75 Å². The maximum Gasteiger partial charge on any atom is 0.259 e. The Morgan fingerprint density at radius 3 is 2.92 bits per heavy atom. The number of carbonyl (C=O) groups excluding carboxylic acids is 1. The molecule has 4 rings (SSSR count). The molecule has 25 heavy (non-hydrogen) atoms. The topological polar surface area (TPSA) is 74.8 Å². The number of nitrogens with zero attached hydrogens (tertiary/aromatic N) is 1. The molecule has 0 saturated heterocycles. The summed E-state index contributed by atoms with van der Waals surface area (Å²) < 4.78 is 0. The van der Waals surface area contributed by atoms with Crippen molar-refractivity contribution in [3.05, 3.63) is 26.6 Å². The van der Waals surface area contributed by atoms with Crippen LogP contribution in [0.25, 0.3) is 10.2 Å². The van der Waals surface area contributed by atoms with Crippen LogP contribution in [0.2, 0.25) is 0 Å². The largest absolute Gasteiger partial charge is 0.353 e. The van der Waals surface area contributed by atoms with Crippen molar-refractivity contribution in [3.8, 4) is 0 Å². The van der Waals surface area contributed by atoms with Crippen molar-refractivity contribution >= 4 is 39.2 Å². The molecule has 0 unspecified atom stereocenters. The molecule has 134 valence electrons. The predicted molar refractivity (Wildman–Crippen MR) is 103 cm³/mol. The molecule has 2 aromatic heterocycles. The van der Waals surface area contributed by atoms with Gasteiger partial charge in [-0.3, -0.25) is 9.59 Å². The minimum absolute atomic E-state index is 0.0216. The maximum atomic E-state index is 12.4. The molecular weight excluding hydrogens is 354 g/mol. The van der Waals surface area contributed by atoms with E-state index in [4.69, 9.17) is 0 Å². The Labute approximate surface area is 155 Å².